The van der Waals surface area contributed by atoms with Crippen LogP contribution < -0.4 is 5.32 Å². The zero-order valence-electron chi connectivity index (χ0n) is 70.8. The molecule has 3 heterocycles. The Morgan fingerprint density at radius 1 is 0.327 bits per heavy atom. The number of aliphatic hydroxyl groups excluding tert-OH is 11. The lowest BCUT2D eigenvalue weighted by molar-refractivity contribution is -0.379. The summed E-state index contributed by atoms with van der Waals surface area (Å²) in [6, 6.07) is -1.00. The Morgan fingerprint density at radius 3 is 0.991 bits per heavy atom. The molecule has 0 saturated carbocycles. The van der Waals surface area contributed by atoms with Gasteiger partial charge in [-0.25, -0.2) is 0 Å². The van der Waals surface area contributed by atoms with Gasteiger partial charge < -0.3 is 89.9 Å². The summed E-state index contributed by atoms with van der Waals surface area (Å²) in [5, 5.41) is 121. The molecular weight excluding hydrogens is 1430 g/mol. The lowest BCUT2D eigenvalue weighted by atomic mass is 9.96. The van der Waals surface area contributed by atoms with E-state index >= 15 is 0 Å². The molecule has 0 spiro atoms. The number of hydrogen-bond donors (Lipinski definition) is 12. The quantitative estimate of drug-likeness (QED) is 0.0199. The molecule has 17 atom stereocenters. The molecule has 12 N–H and O–H groups in total. The lowest BCUT2D eigenvalue weighted by Gasteiger charge is -2.48. The SMILES string of the molecule is CC/C=C\C/C=C\C/C=C\C/C=C\C/C=C\CCCCCCCCCCCCCCCCCCCCCCCCCCCC(=O)NC(COC1OC(CO)C(OC2OC(CO)C(OC3OC(CO)C(O)C(O)C3O)C(O)C2O)C(O)C1O)C(O)/C=C/CC/C=C/CC/C=C/CCCCCCCCCCCCCCCCCCC. The smallest absolute Gasteiger partial charge is 0.220 e. The van der Waals surface area contributed by atoms with Crippen LogP contribution in [0.5, 0.6) is 0 Å². The minimum Gasteiger partial charge on any atom is -0.394 e. The van der Waals surface area contributed by atoms with E-state index < -0.39 is 124 Å². The summed E-state index contributed by atoms with van der Waals surface area (Å²) in [6.45, 7) is 1.64. The van der Waals surface area contributed by atoms with Gasteiger partial charge in [0.25, 0.3) is 0 Å². The number of aliphatic hydroxyl groups is 11. The maximum Gasteiger partial charge on any atom is 0.220 e. The first-order valence-electron chi connectivity index (χ1n) is 46.0. The van der Waals surface area contributed by atoms with Crippen molar-refractivity contribution in [3.8, 4) is 0 Å². The number of ether oxygens (including phenoxy) is 6. The average molecular weight is 1600 g/mol. The van der Waals surface area contributed by atoms with Crippen LogP contribution in [0.3, 0.4) is 0 Å². The first kappa shape index (κ1) is 104. The van der Waals surface area contributed by atoms with Gasteiger partial charge in [-0.2, -0.15) is 0 Å². The molecular formula is C94H167NO18. The van der Waals surface area contributed by atoms with Crippen LogP contribution in [-0.4, -0.2) is 193 Å². The number of amides is 1. The van der Waals surface area contributed by atoms with E-state index in [2.05, 4.69) is 104 Å². The average Bonchev–Trinajstić information content (AvgIpc) is 0.777. The maximum absolute atomic E-state index is 13.5. The second-order valence-corrected chi connectivity index (χ2v) is 32.4. The normalized spacial score (nSPS) is 25.3. The molecule has 19 heteroatoms. The highest BCUT2D eigenvalue weighted by atomic mass is 16.8. The molecule has 3 rings (SSSR count). The van der Waals surface area contributed by atoms with Crippen LogP contribution in [-0.2, 0) is 33.2 Å². The predicted molar refractivity (Wildman–Crippen MR) is 457 cm³/mol. The summed E-state index contributed by atoms with van der Waals surface area (Å²) >= 11 is 0. The molecule has 0 bridgehead atoms. The molecule has 0 aromatic rings. The van der Waals surface area contributed by atoms with Gasteiger partial charge in [0.1, 0.15) is 73.2 Å². The highest BCUT2D eigenvalue weighted by Gasteiger charge is 2.54. The second kappa shape index (κ2) is 72.7. The molecule has 19 nitrogen and oxygen atoms in total. The summed E-state index contributed by atoms with van der Waals surface area (Å²) in [5.74, 6) is -0.285. The van der Waals surface area contributed by atoms with Gasteiger partial charge in [0, 0.05) is 6.42 Å². The molecule has 3 aliphatic heterocycles. The van der Waals surface area contributed by atoms with Crippen LogP contribution in [0.2, 0.25) is 0 Å². The molecule has 17 unspecified atom stereocenters. The van der Waals surface area contributed by atoms with E-state index in [1.165, 1.54) is 250 Å². The van der Waals surface area contributed by atoms with Crippen molar-refractivity contribution in [2.75, 3.05) is 26.4 Å². The Labute approximate surface area is 685 Å². The molecule has 3 fully saturated rings. The van der Waals surface area contributed by atoms with Gasteiger partial charge in [0.2, 0.25) is 5.91 Å². The van der Waals surface area contributed by atoms with E-state index in [-0.39, 0.29) is 18.9 Å². The zero-order chi connectivity index (χ0) is 81.7. The number of carbonyl (C=O) groups is 1. The van der Waals surface area contributed by atoms with E-state index in [0.29, 0.717) is 12.8 Å². The second-order valence-electron chi connectivity index (χ2n) is 32.4. The van der Waals surface area contributed by atoms with Gasteiger partial charge in [0.15, 0.2) is 18.9 Å². The largest absolute Gasteiger partial charge is 0.394 e. The third-order valence-electron chi connectivity index (χ3n) is 22.3. The van der Waals surface area contributed by atoms with Crippen molar-refractivity contribution < 1.29 is 89.4 Å². The molecule has 0 aliphatic carbocycles. The number of allylic oxidation sites excluding steroid dienone is 15. The molecule has 0 aromatic heterocycles. The minimum absolute atomic E-state index is 0.232. The van der Waals surface area contributed by atoms with Crippen molar-refractivity contribution >= 4 is 5.91 Å². The van der Waals surface area contributed by atoms with Crippen LogP contribution in [0.4, 0.5) is 0 Å². The van der Waals surface area contributed by atoms with E-state index in [0.717, 1.165) is 77.0 Å². The first-order valence-corrected chi connectivity index (χ1v) is 46.0. The van der Waals surface area contributed by atoms with Gasteiger partial charge in [-0.1, -0.05) is 361 Å². The third kappa shape index (κ3) is 51.1. The van der Waals surface area contributed by atoms with Crippen molar-refractivity contribution in [3.63, 3.8) is 0 Å². The van der Waals surface area contributed by atoms with Crippen molar-refractivity contribution in [3.05, 3.63) is 97.2 Å². The van der Waals surface area contributed by atoms with Crippen molar-refractivity contribution in [2.24, 2.45) is 0 Å². The standard InChI is InChI=1S/C94H167NO18/c1-3-5-7-9-11-13-15-17-19-21-23-25-27-29-31-32-33-34-35-36-37-38-39-40-41-42-43-44-46-48-50-52-54-56-58-60-62-64-66-68-70-72-82(100)95-77(78(99)71-69-67-65-63-61-59-57-55-53-51-49-47-45-30-28-26-24-22-20-18-16-14-12-10-8-6-4-2)76-108-92-88(106)85(103)90(80(74-97)110-92)113-94-89(107)86(104)91(81(75-98)111-94)112-93-87(105)84(102)83(101)79(73-96)109-93/h5,7,11,13,17,19,23,25,29,31,53,55,61,63,69,71,77-81,83-94,96-99,101-107H,3-4,6,8-10,12,14-16,18,20-22,24,26-28,30,32-52,54,56-60,62,64-68,70,72-76H2,1-2H3,(H,95,100)/b7-5-,13-11-,19-17-,25-23-,31-29-,55-53+,63-61+,71-69+. The summed E-state index contributed by atoms with van der Waals surface area (Å²) in [4.78, 5) is 13.5. The molecule has 0 radical (unpaired) electrons. The number of nitrogens with one attached hydrogen (secondary N) is 1. The fourth-order valence-corrected chi connectivity index (χ4v) is 15.1. The summed E-state index contributed by atoms with van der Waals surface area (Å²) in [6.07, 6.45) is 74.3. The first-order chi connectivity index (χ1) is 55.3. The fraction of sp³-hybridized carbons (Fsp3) is 0.819. The van der Waals surface area contributed by atoms with Gasteiger partial charge >= 0.3 is 0 Å². The van der Waals surface area contributed by atoms with Crippen LogP contribution in [0.1, 0.15) is 361 Å². The van der Waals surface area contributed by atoms with Gasteiger partial charge in [0.05, 0.1) is 38.6 Å². The van der Waals surface area contributed by atoms with Crippen molar-refractivity contribution in [1.82, 2.24) is 5.32 Å². The Balaban J connectivity index is 1.31. The van der Waals surface area contributed by atoms with Gasteiger partial charge in [-0.05, 0) is 89.9 Å². The van der Waals surface area contributed by atoms with E-state index in [1.54, 1.807) is 6.08 Å². The van der Waals surface area contributed by atoms with Crippen LogP contribution in [0.15, 0.2) is 97.2 Å². The van der Waals surface area contributed by atoms with E-state index in [9.17, 15) is 61.0 Å². The van der Waals surface area contributed by atoms with E-state index in [1.807, 2.05) is 6.08 Å². The molecule has 3 saturated heterocycles. The number of rotatable bonds is 74. The predicted octanol–water partition coefficient (Wildman–Crippen LogP) is 17.9. The Hall–Kier alpha value is -3.29. The summed E-state index contributed by atoms with van der Waals surface area (Å²) in [7, 11) is 0. The third-order valence-corrected chi connectivity index (χ3v) is 22.3. The van der Waals surface area contributed by atoms with Crippen LogP contribution >= 0.6 is 0 Å². The molecule has 656 valence electrons. The number of hydrogen-bond acceptors (Lipinski definition) is 18. The minimum atomic E-state index is -1.99. The Morgan fingerprint density at radius 2 is 0.619 bits per heavy atom. The lowest BCUT2D eigenvalue weighted by Crippen LogP contribution is -2.66. The van der Waals surface area contributed by atoms with Crippen molar-refractivity contribution in [2.45, 2.75) is 465 Å². The topological polar surface area (TPSA) is 307 Å². The Bertz CT molecular complexity index is 2420. The monoisotopic (exact) mass is 1600 g/mol. The summed E-state index contributed by atoms with van der Waals surface area (Å²) < 4.78 is 34.5. The highest BCUT2D eigenvalue weighted by molar-refractivity contribution is 5.76. The van der Waals surface area contributed by atoms with Crippen molar-refractivity contribution in [1.29, 1.82) is 0 Å². The molecule has 3 aliphatic rings. The van der Waals surface area contributed by atoms with Crippen LogP contribution in [0.25, 0.3) is 0 Å². The highest BCUT2D eigenvalue weighted by Crippen LogP contribution is 2.34. The zero-order valence-corrected chi connectivity index (χ0v) is 70.8. The van der Waals surface area contributed by atoms with E-state index in [4.69, 9.17) is 28.4 Å². The fourth-order valence-electron chi connectivity index (χ4n) is 15.1. The number of unbranched alkanes of at least 4 members (excludes halogenated alkanes) is 44. The van der Waals surface area contributed by atoms with Gasteiger partial charge in [-0.3, -0.25) is 4.79 Å². The number of carbonyl (C=O) groups excluding carboxylic acids is 1. The molecule has 1 amide bonds. The van der Waals surface area contributed by atoms with Crippen LogP contribution in [0, 0.1) is 0 Å². The molecule has 0 aromatic carbocycles. The van der Waals surface area contributed by atoms with Gasteiger partial charge in [-0.15, -0.1) is 0 Å². The Kier molecular flexibility index (Phi) is 66.8. The maximum atomic E-state index is 13.5. The molecule has 113 heavy (non-hydrogen) atoms. The summed E-state index contributed by atoms with van der Waals surface area (Å²) in [5.41, 5.74) is 0.